The van der Waals surface area contributed by atoms with Crippen LogP contribution in [0, 0.1) is 6.92 Å². The van der Waals surface area contributed by atoms with E-state index in [1.54, 1.807) is 11.0 Å². The average Bonchev–Trinajstić information content (AvgIpc) is 2.75. The van der Waals surface area contributed by atoms with E-state index in [-0.39, 0.29) is 18.1 Å². The largest absolute Gasteiger partial charge is 0.459 e. The van der Waals surface area contributed by atoms with Gasteiger partial charge in [-0.15, -0.1) is 0 Å². The van der Waals surface area contributed by atoms with E-state index in [1.165, 1.54) is 6.26 Å². The number of amides is 1. The number of hydrogen-bond acceptors (Lipinski definition) is 4. The minimum Gasteiger partial charge on any atom is -0.459 e. The van der Waals surface area contributed by atoms with Crippen LogP contribution < -0.4 is 5.73 Å². The third-order valence-electron chi connectivity index (χ3n) is 3.09. The Bertz CT molecular complexity index is 402. The van der Waals surface area contributed by atoms with Crippen LogP contribution in [0.4, 0.5) is 0 Å². The summed E-state index contributed by atoms with van der Waals surface area (Å²) in [7, 11) is 0. The van der Waals surface area contributed by atoms with Crippen molar-refractivity contribution in [1.29, 1.82) is 0 Å². The quantitative estimate of drug-likeness (QED) is 0.826. The molecule has 2 unspecified atom stereocenters. The van der Waals surface area contributed by atoms with Crippen molar-refractivity contribution in [3.63, 3.8) is 0 Å². The number of nitrogens with zero attached hydrogens (tertiary/aromatic N) is 1. The van der Waals surface area contributed by atoms with Crippen LogP contribution in [0.1, 0.15) is 23.0 Å². The van der Waals surface area contributed by atoms with E-state index in [4.69, 9.17) is 14.9 Å². The van der Waals surface area contributed by atoms with Gasteiger partial charge in [-0.3, -0.25) is 4.79 Å². The molecule has 1 aliphatic heterocycles. The van der Waals surface area contributed by atoms with E-state index in [1.807, 2.05) is 13.8 Å². The van der Waals surface area contributed by atoms with Crippen molar-refractivity contribution in [2.75, 3.05) is 19.7 Å². The number of hydrogen-bond donors (Lipinski definition) is 1. The van der Waals surface area contributed by atoms with Crippen molar-refractivity contribution in [2.24, 2.45) is 5.73 Å². The number of ether oxygens (including phenoxy) is 1. The molecule has 2 rings (SSSR count). The van der Waals surface area contributed by atoms with Gasteiger partial charge < -0.3 is 19.8 Å². The maximum Gasteiger partial charge on any atom is 0.290 e. The van der Waals surface area contributed by atoms with Crippen molar-refractivity contribution in [2.45, 2.75) is 26.0 Å². The fourth-order valence-corrected chi connectivity index (χ4v) is 1.97. The maximum atomic E-state index is 12.3. The Kier molecular flexibility index (Phi) is 3.49. The summed E-state index contributed by atoms with van der Waals surface area (Å²) in [5, 5.41) is 0. The van der Waals surface area contributed by atoms with E-state index in [2.05, 4.69) is 0 Å². The molecule has 1 saturated heterocycles. The molecule has 0 radical (unpaired) electrons. The molecule has 1 amide bonds. The zero-order valence-corrected chi connectivity index (χ0v) is 10.2. The zero-order valence-electron chi connectivity index (χ0n) is 10.2. The van der Waals surface area contributed by atoms with E-state index < -0.39 is 0 Å². The average molecular weight is 238 g/mol. The highest BCUT2D eigenvalue weighted by Gasteiger charge is 2.31. The molecular formula is C12H18N2O3. The fraction of sp³-hybridized carbons (Fsp3) is 0.583. The van der Waals surface area contributed by atoms with Gasteiger partial charge in [0.05, 0.1) is 25.0 Å². The van der Waals surface area contributed by atoms with E-state index in [0.29, 0.717) is 25.5 Å². The Labute approximate surface area is 101 Å². The summed E-state index contributed by atoms with van der Waals surface area (Å²) in [6, 6.07) is 1.84. The number of morpholine rings is 1. The monoisotopic (exact) mass is 238 g/mol. The number of aryl methyl sites for hydroxylation is 1. The highest BCUT2D eigenvalue weighted by Crippen LogP contribution is 2.18. The Morgan fingerprint density at radius 2 is 2.41 bits per heavy atom. The topological polar surface area (TPSA) is 68.7 Å². The highest BCUT2D eigenvalue weighted by atomic mass is 16.5. The molecule has 0 aromatic carbocycles. The van der Waals surface area contributed by atoms with E-state index in [0.717, 1.165) is 5.56 Å². The van der Waals surface area contributed by atoms with Gasteiger partial charge in [-0.05, 0) is 19.9 Å². The first-order valence-corrected chi connectivity index (χ1v) is 5.80. The molecule has 94 valence electrons. The lowest BCUT2D eigenvalue weighted by molar-refractivity contribution is -0.0435. The first-order valence-electron chi connectivity index (χ1n) is 5.80. The SMILES string of the molecule is Cc1ccoc1C(=O)N1CC(CN)OCC1C. The number of furan rings is 1. The van der Waals surface area contributed by atoms with Crippen LogP contribution in [-0.2, 0) is 4.74 Å². The summed E-state index contributed by atoms with van der Waals surface area (Å²) in [4.78, 5) is 14.1. The molecule has 5 heteroatoms. The summed E-state index contributed by atoms with van der Waals surface area (Å²) in [6.07, 6.45) is 1.46. The number of rotatable bonds is 2. The summed E-state index contributed by atoms with van der Waals surface area (Å²) in [5.41, 5.74) is 6.43. The Morgan fingerprint density at radius 3 is 3.00 bits per heavy atom. The molecule has 5 nitrogen and oxygen atoms in total. The second kappa shape index (κ2) is 4.89. The molecule has 1 aliphatic rings. The lowest BCUT2D eigenvalue weighted by Crippen LogP contribution is -2.52. The van der Waals surface area contributed by atoms with Crippen LogP contribution in [0.2, 0.25) is 0 Å². The van der Waals surface area contributed by atoms with Gasteiger partial charge in [-0.2, -0.15) is 0 Å². The summed E-state index contributed by atoms with van der Waals surface area (Å²) >= 11 is 0. The second-order valence-corrected chi connectivity index (χ2v) is 4.43. The Hall–Kier alpha value is -1.33. The lowest BCUT2D eigenvalue weighted by atomic mass is 10.1. The zero-order chi connectivity index (χ0) is 12.4. The third kappa shape index (κ3) is 2.35. The molecular weight excluding hydrogens is 220 g/mol. The van der Waals surface area contributed by atoms with E-state index in [9.17, 15) is 4.79 Å². The minimum absolute atomic E-state index is 0.0507. The van der Waals surface area contributed by atoms with Crippen molar-refractivity contribution < 1.29 is 13.9 Å². The van der Waals surface area contributed by atoms with Gasteiger partial charge >= 0.3 is 0 Å². The number of nitrogens with two attached hydrogens (primary N) is 1. The van der Waals surface area contributed by atoms with Crippen molar-refractivity contribution in [3.05, 3.63) is 23.7 Å². The number of carbonyl (C=O) groups is 1. The molecule has 0 saturated carbocycles. The maximum absolute atomic E-state index is 12.3. The number of carbonyl (C=O) groups excluding carboxylic acids is 1. The lowest BCUT2D eigenvalue weighted by Gasteiger charge is -2.37. The standard InChI is InChI=1S/C12H18N2O3/c1-8-3-4-16-11(8)12(15)14-6-10(5-13)17-7-9(14)2/h3-4,9-10H,5-7,13H2,1-2H3. The van der Waals surface area contributed by atoms with Gasteiger partial charge in [0, 0.05) is 18.7 Å². The van der Waals surface area contributed by atoms with Gasteiger partial charge in [0.2, 0.25) is 0 Å². The van der Waals surface area contributed by atoms with Crippen molar-refractivity contribution in [1.82, 2.24) is 4.90 Å². The normalized spacial score (nSPS) is 25.0. The van der Waals surface area contributed by atoms with Crippen LogP contribution in [0.15, 0.2) is 16.7 Å². The van der Waals surface area contributed by atoms with Crippen LogP contribution in [0.3, 0.4) is 0 Å². The third-order valence-corrected chi connectivity index (χ3v) is 3.09. The molecule has 0 bridgehead atoms. The van der Waals surface area contributed by atoms with Crippen molar-refractivity contribution in [3.8, 4) is 0 Å². The first kappa shape index (κ1) is 12.1. The molecule has 0 spiro atoms. The highest BCUT2D eigenvalue weighted by molar-refractivity contribution is 5.93. The Morgan fingerprint density at radius 1 is 1.65 bits per heavy atom. The molecule has 2 N–H and O–H groups in total. The Balaban J connectivity index is 2.15. The van der Waals surface area contributed by atoms with Gasteiger partial charge in [0.25, 0.3) is 5.91 Å². The molecule has 1 aromatic heterocycles. The van der Waals surface area contributed by atoms with Gasteiger partial charge in [0.1, 0.15) is 0 Å². The van der Waals surface area contributed by atoms with Crippen LogP contribution in [-0.4, -0.2) is 42.6 Å². The molecule has 2 atom stereocenters. The molecule has 1 fully saturated rings. The smallest absolute Gasteiger partial charge is 0.290 e. The fourth-order valence-electron chi connectivity index (χ4n) is 1.97. The van der Waals surface area contributed by atoms with Gasteiger partial charge in [-0.25, -0.2) is 0 Å². The van der Waals surface area contributed by atoms with E-state index >= 15 is 0 Å². The molecule has 0 aliphatic carbocycles. The van der Waals surface area contributed by atoms with Gasteiger partial charge in [-0.1, -0.05) is 0 Å². The summed E-state index contributed by atoms with van der Waals surface area (Å²) < 4.78 is 10.8. The van der Waals surface area contributed by atoms with Crippen LogP contribution in [0.25, 0.3) is 0 Å². The minimum atomic E-state index is -0.0817. The van der Waals surface area contributed by atoms with Gasteiger partial charge in [0.15, 0.2) is 5.76 Å². The predicted octanol–water partition coefficient (Wildman–Crippen LogP) is 0.776. The first-order chi connectivity index (χ1) is 8.13. The molecule has 17 heavy (non-hydrogen) atoms. The molecule has 2 heterocycles. The van der Waals surface area contributed by atoms with Crippen LogP contribution >= 0.6 is 0 Å². The summed E-state index contributed by atoms with van der Waals surface area (Å²) in [6.45, 7) is 5.29. The molecule has 1 aromatic rings. The second-order valence-electron chi connectivity index (χ2n) is 4.43. The van der Waals surface area contributed by atoms with Crippen molar-refractivity contribution >= 4 is 5.91 Å². The summed E-state index contributed by atoms with van der Waals surface area (Å²) in [5.74, 6) is 0.330. The predicted molar refractivity (Wildman–Crippen MR) is 62.7 cm³/mol. The van der Waals surface area contributed by atoms with Crippen LogP contribution in [0.5, 0.6) is 0 Å².